The van der Waals surface area contributed by atoms with Crippen LogP contribution in [0.15, 0.2) is 11.6 Å². The molecule has 0 aromatic rings. The molecule has 1 radical (unpaired) electrons. The summed E-state index contributed by atoms with van der Waals surface area (Å²) < 4.78 is 0. The number of aliphatic hydroxyl groups is 1. The van der Waals surface area contributed by atoms with E-state index in [1.807, 2.05) is 0 Å². The van der Waals surface area contributed by atoms with E-state index in [9.17, 15) is 5.11 Å². The van der Waals surface area contributed by atoms with E-state index in [0.29, 0.717) is 16.7 Å². The van der Waals surface area contributed by atoms with E-state index >= 15 is 0 Å². The summed E-state index contributed by atoms with van der Waals surface area (Å²) in [6.45, 7) is 12.9. The van der Waals surface area contributed by atoms with Crippen molar-refractivity contribution >= 4 is 0 Å². The zero-order valence-electron chi connectivity index (χ0n) is 23.9. The number of hydrogen-bond acceptors (Lipinski definition) is 1. The van der Waals surface area contributed by atoms with Gasteiger partial charge in [-0.15, -0.1) is 0 Å². The minimum absolute atomic E-state index is 0.262. The van der Waals surface area contributed by atoms with Crippen LogP contribution in [-0.2, 0) is 5.11 Å². The van der Waals surface area contributed by atoms with Crippen molar-refractivity contribution in [3.05, 3.63) is 11.6 Å². The van der Waals surface area contributed by atoms with Crippen LogP contribution in [0.1, 0.15) is 131 Å². The Balaban J connectivity index is 1.39. The van der Waals surface area contributed by atoms with Crippen molar-refractivity contribution in [2.75, 3.05) is 6.61 Å². The molecule has 0 aromatic carbocycles. The average Bonchev–Trinajstić information content (AvgIpc) is 3.18. The molecule has 4 aliphatic rings. The third-order valence-corrected chi connectivity index (χ3v) is 12.0. The summed E-state index contributed by atoms with van der Waals surface area (Å²) in [6.07, 6.45) is 20.7. The van der Waals surface area contributed by atoms with Gasteiger partial charge in [0.2, 0.25) is 0 Å². The van der Waals surface area contributed by atoms with E-state index in [1.54, 1.807) is 5.57 Å². The normalized spacial score (nSPS) is 40.6. The van der Waals surface area contributed by atoms with Crippen LogP contribution in [0.4, 0.5) is 0 Å². The SMILES string of the molecule is CC(C)CCC[C@@H](C)[C@H]1CCC2C3CC=C4C[C@@H](C([O])CCCCCO)CC[C@]4(C)C3CC[C@@]21C. The fourth-order valence-electron chi connectivity index (χ4n) is 9.90. The second kappa shape index (κ2) is 11.6. The Labute approximate surface area is 217 Å². The molecular formula is C33H57O2. The predicted octanol–water partition coefficient (Wildman–Crippen LogP) is 9.00. The summed E-state index contributed by atoms with van der Waals surface area (Å²) in [5.41, 5.74) is 2.59. The second-order valence-electron chi connectivity index (χ2n) is 14.4. The minimum atomic E-state index is -0.403. The van der Waals surface area contributed by atoms with Crippen molar-refractivity contribution in [1.29, 1.82) is 0 Å². The van der Waals surface area contributed by atoms with E-state index in [-0.39, 0.29) is 6.61 Å². The van der Waals surface area contributed by atoms with Crippen molar-refractivity contribution in [2.24, 2.45) is 52.3 Å². The molecule has 4 unspecified atom stereocenters. The first-order valence-electron chi connectivity index (χ1n) is 15.7. The molecule has 4 aliphatic carbocycles. The van der Waals surface area contributed by atoms with E-state index in [0.717, 1.165) is 74.0 Å². The standard InChI is InChI=1S/C33H57O2/c1-23(2)10-9-11-24(3)28-15-16-29-27-14-13-26-22-25(31(35)12-7-6-8-21-34)17-19-32(26,4)30(27)18-20-33(28,29)5/h13,23-25,27-31,34H,6-12,14-22H2,1-5H3/t24-,25+,27?,28-,29?,30?,31?,32+,33-/m1/s1. The van der Waals surface area contributed by atoms with Gasteiger partial charge in [0.05, 0.1) is 6.10 Å². The highest BCUT2D eigenvalue weighted by Gasteiger charge is 2.59. The highest BCUT2D eigenvalue weighted by molar-refractivity contribution is 5.25. The van der Waals surface area contributed by atoms with Gasteiger partial charge in [0.15, 0.2) is 0 Å². The lowest BCUT2D eigenvalue weighted by molar-refractivity contribution is -0.0616. The second-order valence-corrected chi connectivity index (χ2v) is 14.4. The van der Waals surface area contributed by atoms with Crippen LogP contribution >= 0.6 is 0 Å². The maximum atomic E-state index is 13.0. The Bertz CT molecular complexity index is 712. The summed E-state index contributed by atoms with van der Waals surface area (Å²) >= 11 is 0. The van der Waals surface area contributed by atoms with Crippen molar-refractivity contribution in [2.45, 2.75) is 137 Å². The van der Waals surface area contributed by atoms with E-state index in [1.165, 1.54) is 57.8 Å². The van der Waals surface area contributed by atoms with E-state index < -0.39 is 6.10 Å². The number of fused-ring (bicyclic) bond motifs is 5. The van der Waals surface area contributed by atoms with Crippen molar-refractivity contribution in [1.82, 2.24) is 0 Å². The zero-order chi connectivity index (χ0) is 25.2. The molecule has 0 aromatic heterocycles. The number of hydrogen-bond donors (Lipinski definition) is 1. The van der Waals surface area contributed by atoms with Gasteiger partial charge in [-0.3, -0.25) is 0 Å². The van der Waals surface area contributed by atoms with Crippen LogP contribution < -0.4 is 0 Å². The smallest absolute Gasteiger partial charge is 0.0961 e. The highest BCUT2D eigenvalue weighted by Crippen LogP contribution is 2.67. The molecule has 9 atom stereocenters. The Morgan fingerprint density at radius 1 is 0.914 bits per heavy atom. The maximum absolute atomic E-state index is 13.0. The lowest BCUT2D eigenvalue weighted by Crippen LogP contribution is -2.50. The first-order chi connectivity index (χ1) is 16.7. The molecule has 2 heteroatoms. The third kappa shape index (κ3) is 5.59. The summed E-state index contributed by atoms with van der Waals surface area (Å²) in [6, 6.07) is 0. The minimum Gasteiger partial charge on any atom is -0.396 e. The number of allylic oxidation sites excluding steroid dienone is 2. The fourth-order valence-corrected chi connectivity index (χ4v) is 9.90. The molecule has 0 bridgehead atoms. The first-order valence-corrected chi connectivity index (χ1v) is 15.7. The molecule has 35 heavy (non-hydrogen) atoms. The van der Waals surface area contributed by atoms with Gasteiger partial charge in [-0.25, -0.2) is 5.11 Å². The summed E-state index contributed by atoms with van der Waals surface area (Å²) in [5, 5.41) is 22.0. The van der Waals surface area contributed by atoms with Gasteiger partial charge < -0.3 is 5.11 Å². The largest absolute Gasteiger partial charge is 0.396 e. The van der Waals surface area contributed by atoms with Crippen LogP contribution in [0.25, 0.3) is 0 Å². The monoisotopic (exact) mass is 485 g/mol. The fraction of sp³-hybridized carbons (Fsp3) is 0.939. The van der Waals surface area contributed by atoms with Gasteiger partial charge in [0.1, 0.15) is 0 Å². The van der Waals surface area contributed by atoms with Gasteiger partial charge in [-0.2, -0.15) is 0 Å². The molecule has 4 rings (SSSR count). The summed E-state index contributed by atoms with van der Waals surface area (Å²) in [7, 11) is 0. The molecule has 1 N–H and O–H groups in total. The number of unbranched alkanes of at least 4 members (excludes halogenated alkanes) is 2. The third-order valence-electron chi connectivity index (χ3n) is 12.0. The topological polar surface area (TPSA) is 40.1 Å². The molecule has 3 fully saturated rings. The van der Waals surface area contributed by atoms with Crippen LogP contribution in [-0.4, -0.2) is 17.8 Å². The van der Waals surface area contributed by atoms with E-state index in [2.05, 4.69) is 40.7 Å². The average molecular weight is 486 g/mol. The molecule has 0 amide bonds. The van der Waals surface area contributed by atoms with Gasteiger partial charge in [-0.1, -0.05) is 78.4 Å². The van der Waals surface area contributed by atoms with Gasteiger partial charge in [0.25, 0.3) is 0 Å². The van der Waals surface area contributed by atoms with Crippen LogP contribution in [0.5, 0.6) is 0 Å². The van der Waals surface area contributed by atoms with Crippen molar-refractivity contribution in [3.8, 4) is 0 Å². The molecule has 3 saturated carbocycles. The molecule has 201 valence electrons. The lowest BCUT2D eigenvalue weighted by Gasteiger charge is -2.58. The van der Waals surface area contributed by atoms with Gasteiger partial charge >= 0.3 is 0 Å². The van der Waals surface area contributed by atoms with E-state index in [4.69, 9.17) is 5.11 Å². The summed E-state index contributed by atoms with van der Waals surface area (Å²) in [4.78, 5) is 0. The van der Waals surface area contributed by atoms with Crippen LogP contribution in [0, 0.1) is 52.3 Å². The Kier molecular flexibility index (Phi) is 9.17. The van der Waals surface area contributed by atoms with Crippen LogP contribution in [0.3, 0.4) is 0 Å². The number of aliphatic hydroxyl groups excluding tert-OH is 1. The molecule has 0 aliphatic heterocycles. The molecule has 0 spiro atoms. The van der Waals surface area contributed by atoms with Crippen molar-refractivity contribution in [3.63, 3.8) is 0 Å². The van der Waals surface area contributed by atoms with Crippen molar-refractivity contribution < 1.29 is 10.2 Å². The maximum Gasteiger partial charge on any atom is 0.0961 e. The predicted molar refractivity (Wildman–Crippen MR) is 147 cm³/mol. The Hall–Kier alpha value is -0.340. The molecule has 0 heterocycles. The van der Waals surface area contributed by atoms with Crippen LogP contribution in [0.2, 0.25) is 0 Å². The highest BCUT2D eigenvalue weighted by atomic mass is 16.3. The van der Waals surface area contributed by atoms with Gasteiger partial charge in [-0.05, 0) is 116 Å². The lowest BCUT2D eigenvalue weighted by atomic mass is 9.46. The Morgan fingerprint density at radius 2 is 1.71 bits per heavy atom. The molecular weight excluding hydrogens is 428 g/mol. The van der Waals surface area contributed by atoms with Gasteiger partial charge in [0, 0.05) is 6.61 Å². The zero-order valence-corrected chi connectivity index (χ0v) is 23.9. The Morgan fingerprint density at radius 3 is 2.46 bits per heavy atom. The summed E-state index contributed by atoms with van der Waals surface area (Å²) in [5.74, 6) is 5.65. The first kappa shape index (κ1) is 27.7. The molecule has 2 nitrogen and oxygen atoms in total. The molecule has 0 saturated heterocycles. The quantitative estimate of drug-likeness (QED) is 0.230. The number of rotatable bonds is 11.